The molecule has 296 valence electrons. The maximum absolute atomic E-state index is 13.8. The number of nitrogens with one attached hydrogen (secondary N) is 1. The predicted molar refractivity (Wildman–Crippen MR) is 199 cm³/mol. The molecule has 0 aliphatic rings. The number of hydrogen-bond donors (Lipinski definition) is 4. The van der Waals surface area contributed by atoms with Gasteiger partial charge in [-0.3, -0.25) is 19.2 Å². The van der Waals surface area contributed by atoms with Crippen molar-refractivity contribution in [3.8, 4) is 11.5 Å². The number of Topliss-reactive ketones (excluding diaryl/α,β-unsaturated/α-hetero) is 1. The summed E-state index contributed by atoms with van der Waals surface area (Å²) in [5, 5.41) is 33.9. The number of phenols is 1. The Morgan fingerprint density at radius 1 is 0.833 bits per heavy atom. The van der Waals surface area contributed by atoms with E-state index in [-0.39, 0.29) is 30.3 Å². The molecule has 13 nitrogen and oxygen atoms in total. The van der Waals surface area contributed by atoms with Crippen LogP contribution in [0.5, 0.6) is 11.5 Å². The third kappa shape index (κ3) is 16.7. The third-order valence-electron chi connectivity index (χ3n) is 8.81. The molecular weight excluding hydrogens is 698 g/mol. The van der Waals surface area contributed by atoms with Gasteiger partial charge < -0.3 is 34.8 Å². The molecule has 0 heterocycles. The summed E-state index contributed by atoms with van der Waals surface area (Å²) in [5.41, 5.74) is -1.95. The van der Waals surface area contributed by atoms with E-state index in [1.165, 1.54) is 68.0 Å². The number of rotatable bonds is 26. The van der Waals surface area contributed by atoms with Gasteiger partial charge in [0.25, 0.3) is 0 Å². The van der Waals surface area contributed by atoms with Gasteiger partial charge >= 0.3 is 23.9 Å². The molecule has 54 heavy (non-hydrogen) atoms. The number of ketones is 1. The van der Waals surface area contributed by atoms with E-state index < -0.39 is 53.8 Å². The van der Waals surface area contributed by atoms with Gasteiger partial charge in [0, 0.05) is 26.2 Å². The molecule has 0 fully saturated rings. The smallest absolute Gasteiger partial charge is 0.337 e. The van der Waals surface area contributed by atoms with E-state index in [1.54, 1.807) is 6.08 Å². The van der Waals surface area contributed by atoms with E-state index >= 15 is 0 Å². The Morgan fingerprint density at radius 2 is 1.43 bits per heavy atom. The average Bonchev–Trinajstić information content (AvgIpc) is 3.13. The second-order valence-corrected chi connectivity index (χ2v) is 13.3. The van der Waals surface area contributed by atoms with Crippen molar-refractivity contribution < 1.29 is 58.3 Å². The van der Waals surface area contributed by atoms with Crippen LogP contribution < -0.4 is 10.1 Å². The van der Waals surface area contributed by atoms with E-state index in [9.17, 15) is 44.1 Å². The molecule has 0 saturated carbocycles. The molecule has 0 radical (unpaired) electrons. The molecule has 2 aromatic carbocycles. The van der Waals surface area contributed by atoms with Crippen molar-refractivity contribution in [3.05, 3.63) is 71.8 Å². The number of amides is 1. The first-order chi connectivity index (χ1) is 25.8. The Labute approximate surface area is 317 Å². The van der Waals surface area contributed by atoms with Gasteiger partial charge in [0.2, 0.25) is 5.91 Å². The Bertz CT molecular complexity index is 1540. The van der Waals surface area contributed by atoms with Gasteiger partial charge in [-0.2, -0.15) is 0 Å². The van der Waals surface area contributed by atoms with Crippen LogP contribution in [-0.2, 0) is 51.3 Å². The molecule has 0 bridgehead atoms. The minimum atomic E-state index is -2.98. The van der Waals surface area contributed by atoms with Crippen molar-refractivity contribution in [1.29, 1.82) is 0 Å². The Morgan fingerprint density at radius 3 is 2.00 bits per heavy atom. The quantitative estimate of drug-likeness (QED) is 0.0383. The molecule has 0 unspecified atom stereocenters. The standard InChI is InChI=1S/C41H55NO12/c1-4-5-6-9-12-15-32(44)16-13-10-7-8-11-14-17-35(38(47)42-36(39(48)52-3)26-30-18-22-33(45)23-19-30)41(51,40(49)50)27-37(46)53-28-31-20-24-34(25-21-31)54-29(2)43/h14,17-25,35-36,45,51H,4-13,15-16,26-28H2,1-3H3,(H,42,47)(H,49,50)/b17-14+/t35-,36+,41+/m1/s1. The lowest BCUT2D eigenvalue weighted by Crippen LogP contribution is -2.55. The van der Waals surface area contributed by atoms with Gasteiger partial charge in [-0.15, -0.1) is 0 Å². The number of phenolic OH excluding ortho intramolecular Hbond substituents is 1. The number of methoxy groups -OCH3 is 1. The maximum Gasteiger partial charge on any atom is 0.337 e. The Kier molecular flexibility index (Phi) is 20.3. The minimum Gasteiger partial charge on any atom is -0.508 e. The van der Waals surface area contributed by atoms with E-state index in [0.29, 0.717) is 36.8 Å². The lowest BCUT2D eigenvalue weighted by molar-refractivity contribution is -0.174. The number of esters is 3. The van der Waals surface area contributed by atoms with Crippen LogP contribution in [-0.4, -0.2) is 69.6 Å². The molecule has 1 amide bonds. The number of carbonyl (C=O) groups excluding carboxylic acids is 5. The third-order valence-corrected chi connectivity index (χ3v) is 8.81. The minimum absolute atomic E-state index is 0.0123. The van der Waals surface area contributed by atoms with E-state index in [0.717, 1.165) is 52.1 Å². The zero-order valence-corrected chi connectivity index (χ0v) is 31.6. The number of hydrogen-bond acceptors (Lipinski definition) is 11. The lowest BCUT2D eigenvalue weighted by Gasteiger charge is -2.30. The number of carboxylic acids is 1. The zero-order valence-electron chi connectivity index (χ0n) is 31.6. The van der Waals surface area contributed by atoms with Crippen LogP contribution in [0.4, 0.5) is 0 Å². The fourth-order valence-electron chi connectivity index (χ4n) is 5.72. The summed E-state index contributed by atoms with van der Waals surface area (Å²) in [7, 11) is 1.12. The van der Waals surface area contributed by atoms with Crippen molar-refractivity contribution in [2.75, 3.05) is 7.11 Å². The van der Waals surface area contributed by atoms with Gasteiger partial charge in [-0.05, 0) is 61.1 Å². The molecule has 0 spiro atoms. The Hall–Kier alpha value is -5.04. The van der Waals surface area contributed by atoms with Gasteiger partial charge in [-0.1, -0.05) is 81.9 Å². The average molecular weight is 754 g/mol. The fraction of sp³-hybridized carbons (Fsp3) is 0.512. The number of unbranched alkanes of at least 4 members (excludes halogenated alkanes) is 8. The van der Waals surface area contributed by atoms with Crippen LogP contribution in [0.25, 0.3) is 0 Å². The van der Waals surface area contributed by atoms with Crippen LogP contribution in [0.15, 0.2) is 60.7 Å². The lowest BCUT2D eigenvalue weighted by atomic mass is 9.82. The number of carboxylic acid groups (broad SMARTS) is 1. The second-order valence-electron chi connectivity index (χ2n) is 13.3. The van der Waals surface area contributed by atoms with E-state index in [1.807, 2.05) is 0 Å². The van der Waals surface area contributed by atoms with Crippen molar-refractivity contribution in [2.24, 2.45) is 5.92 Å². The summed E-state index contributed by atoms with van der Waals surface area (Å²) >= 11 is 0. The zero-order chi connectivity index (χ0) is 39.9. The van der Waals surface area contributed by atoms with Crippen LogP contribution in [0.3, 0.4) is 0 Å². The van der Waals surface area contributed by atoms with Crippen LogP contribution in [0, 0.1) is 5.92 Å². The monoisotopic (exact) mass is 753 g/mol. The van der Waals surface area contributed by atoms with Crippen LogP contribution >= 0.6 is 0 Å². The summed E-state index contributed by atoms with van der Waals surface area (Å²) in [6.07, 6.45) is 11.6. The highest BCUT2D eigenvalue weighted by Crippen LogP contribution is 2.27. The summed E-state index contributed by atoms with van der Waals surface area (Å²) in [4.78, 5) is 75.4. The van der Waals surface area contributed by atoms with Crippen LogP contribution in [0.1, 0.15) is 108 Å². The molecule has 4 N–H and O–H groups in total. The van der Waals surface area contributed by atoms with Gasteiger partial charge in [-0.25, -0.2) is 9.59 Å². The normalized spacial score (nSPS) is 13.3. The van der Waals surface area contributed by atoms with Crippen molar-refractivity contribution in [2.45, 2.75) is 122 Å². The van der Waals surface area contributed by atoms with Crippen LogP contribution in [0.2, 0.25) is 0 Å². The molecular formula is C41H55NO12. The van der Waals surface area contributed by atoms with E-state index in [2.05, 4.69) is 12.2 Å². The second kappa shape index (κ2) is 24.3. The van der Waals surface area contributed by atoms with Gasteiger partial charge in [0.1, 0.15) is 29.9 Å². The summed E-state index contributed by atoms with van der Waals surface area (Å²) in [6.45, 7) is 3.09. The molecule has 13 heteroatoms. The summed E-state index contributed by atoms with van der Waals surface area (Å²) < 4.78 is 15.1. The molecule has 0 saturated heterocycles. The predicted octanol–water partition coefficient (Wildman–Crippen LogP) is 5.91. The summed E-state index contributed by atoms with van der Waals surface area (Å²) in [5.74, 6) is -6.70. The van der Waals surface area contributed by atoms with Gasteiger partial charge in [0.05, 0.1) is 19.4 Å². The number of ether oxygens (including phenoxy) is 3. The van der Waals surface area contributed by atoms with Crippen molar-refractivity contribution >= 4 is 35.6 Å². The molecule has 3 atom stereocenters. The van der Waals surface area contributed by atoms with Crippen molar-refractivity contribution in [3.63, 3.8) is 0 Å². The maximum atomic E-state index is 13.8. The largest absolute Gasteiger partial charge is 0.508 e. The summed E-state index contributed by atoms with van der Waals surface area (Å²) in [6, 6.07) is 10.6. The topological polar surface area (TPSA) is 203 Å². The first-order valence-corrected chi connectivity index (χ1v) is 18.5. The number of carbonyl (C=O) groups is 6. The number of benzene rings is 2. The first-order valence-electron chi connectivity index (χ1n) is 18.5. The van der Waals surface area contributed by atoms with Crippen molar-refractivity contribution in [1.82, 2.24) is 5.32 Å². The first kappa shape index (κ1) is 45.1. The highest BCUT2D eigenvalue weighted by Gasteiger charge is 2.49. The Balaban J connectivity index is 2.15. The molecule has 0 aromatic heterocycles. The molecule has 0 aliphatic carbocycles. The van der Waals surface area contributed by atoms with E-state index in [4.69, 9.17) is 14.2 Å². The SMILES string of the molecule is CCCCCCCC(=O)CCCCCC/C=C/[C@H](C(=O)N[C@@H](Cc1ccc(O)cc1)C(=O)OC)[C@@](O)(CC(=O)OCc1ccc(OC(C)=O)cc1)C(=O)O. The number of allylic oxidation sites excluding steroid dienone is 1. The highest BCUT2D eigenvalue weighted by molar-refractivity contribution is 5.95. The highest BCUT2D eigenvalue weighted by atomic mass is 16.5. The number of aromatic hydroxyl groups is 1. The number of aliphatic carboxylic acids is 1. The van der Waals surface area contributed by atoms with Gasteiger partial charge in [0.15, 0.2) is 5.60 Å². The number of aliphatic hydroxyl groups is 1. The molecule has 2 aromatic rings. The fourth-order valence-corrected chi connectivity index (χ4v) is 5.72. The molecule has 2 rings (SSSR count). The molecule has 0 aliphatic heterocycles.